The highest BCUT2D eigenvalue weighted by molar-refractivity contribution is 5.83. The molecule has 2 rings (SSSR count). The van der Waals surface area contributed by atoms with Gasteiger partial charge < -0.3 is 10.4 Å². The lowest BCUT2D eigenvalue weighted by Crippen LogP contribution is -2.46. The average molecular weight is 307 g/mol. The summed E-state index contributed by atoms with van der Waals surface area (Å²) >= 11 is 0. The second-order valence-corrected chi connectivity index (χ2v) is 5.95. The van der Waals surface area contributed by atoms with Crippen LogP contribution >= 0.6 is 0 Å². The number of aryl methyl sites for hydroxylation is 2. The molecule has 1 atom stereocenters. The fourth-order valence-electron chi connectivity index (χ4n) is 2.58. The first-order valence-electron chi connectivity index (χ1n) is 7.50. The van der Waals surface area contributed by atoms with E-state index in [2.05, 4.69) is 10.4 Å². The van der Waals surface area contributed by atoms with E-state index >= 15 is 0 Å². The van der Waals surface area contributed by atoms with E-state index in [9.17, 15) is 14.4 Å². The summed E-state index contributed by atoms with van der Waals surface area (Å²) in [6, 6.07) is 0.562. The number of aromatic nitrogens is 2. The van der Waals surface area contributed by atoms with Crippen LogP contribution in [0.5, 0.6) is 0 Å². The fourth-order valence-corrected chi connectivity index (χ4v) is 2.58. The molecule has 7 nitrogen and oxygen atoms in total. The minimum absolute atomic E-state index is 0.241. The lowest BCUT2D eigenvalue weighted by atomic mass is 9.97. The molecule has 0 aromatic carbocycles. The molecule has 0 saturated carbocycles. The van der Waals surface area contributed by atoms with Crippen molar-refractivity contribution in [1.82, 2.24) is 15.1 Å². The quantitative estimate of drug-likeness (QED) is 0.817. The van der Waals surface area contributed by atoms with Crippen LogP contribution in [-0.2, 0) is 29.0 Å². The van der Waals surface area contributed by atoms with Crippen LogP contribution in [0.2, 0.25) is 0 Å². The zero-order chi connectivity index (χ0) is 16.3. The molecule has 0 aliphatic heterocycles. The van der Waals surface area contributed by atoms with Crippen molar-refractivity contribution in [3.8, 4) is 0 Å². The average Bonchev–Trinajstić information content (AvgIpc) is 2.45. The predicted molar refractivity (Wildman–Crippen MR) is 79.5 cm³/mol. The first-order valence-corrected chi connectivity index (χ1v) is 7.50. The standard InChI is InChI=1S/C15H21N3O4/c1-9(2)14(15(21)22)16-12(19)8-18-13(20)7-10-5-3-4-6-11(10)17-18/h7,9,14H,3-6,8H2,1-2H3,(H,16,19)(H,21,22)/t14-/m1/s1. The highest BCUT2D eigenvalue weighted by Crippen LogP contribution is 2.16. The van der Waals surface area contributed by atoms with Crippen molar-refractivity contribution in [2.75, 3.05) is 0 Å². The van der Waals surface area contributed by atoms with Crippen molar-refractivity contribution < 1.29 is 14.7 Å². The zero-order valence-electron chi connectivity index (χ0n) is 12.8. The van der Waals surface area contributed by atoms with Crippen molar-refractivity contribution in [3.05, 3.63) is 27.7 Å². The van der Waals surface area contributed by atoms with E-state index in [-0.39, 0.29) is 18.0 Å². The summed E-state index contributed by atoms with van der Waals surface area (Å²) < 4.78 is 1.11. The molecule has 1 aromatic heterocycles. The Labute approximate surface area is 128 Å². The second-order valence-electron chi connectivity index (χ2n) is 5.95. The molecule has 0 fully saturated rings. The summed E-state index contributed by atoms with van der Waals surface area (Å²) in [6.07, 6.45) is 3.73. The highest BCUT2D eigenvalue weighted by atomic mass is 16.4. The third-order valence-corrected chi connectivity index (χ3v) is 3.82. The van der Waals surface area contributed by atoms with Gasteiger partial charge in [-0.25, -0.2) is 9.48 Å². The van der Waals surface area contributed by atoms with Crippen molar-refractivity contribution in [1.29, 1.82) is 0 Å². The number of amides is 1. The van der Waals surface area contributed by atoms with Gasteiger partial charge in [0.25, 0.3) is 5.56 Å². The summed E-state index contributed by atoms with van der Waals surface area (Å²) in [5.41, 5.74) is 1.49. The first-order chi connectivity index (χ1) is 10.4. The zero-order valence-corrected chi connectivity index (χ0v) is 12.8. The van der Waals surface area contributed by atoms with E-state index in [1.54, 1.807) is 13.8 Å². The number of aliphatic carboxylic acids is 1. The summed E-state index contributed by atoms with van der Waals surface area (Å²) in [5, 5.41) is 15.8. The van der Waals surface area contributed by atoms with Crippen LogP contribution in [0.3, 0.4) is 0 Å². The van der Waals surface area contributed by atoms with Crippen LogP contribution in [-0.4, -0.2) is 32.8 Å². The SMILES string of the molecule is CC(C)[C@@H](NC(=O)Cn1nc2c(cc1=O)CCCC2)C(=O)O. The maximum Gasteiger partial charge on any atom is 0.326 e. The molecule has 1 aliphatic carbocycles. The van der Waals surface area contributed by atoms with Gasteiger partial charge in [0.1, 0.15) is 12.6 Å². The Morgan fingerprint density at radius 2 is 2.05 bits per heavy atom. The maximum absolute atomic E-state index is 12.0. The number of carboxylic acids is 1. The lowest BCUT2D eigenvalue weighted by Gasteiger charge is -2.19. The van der Waals surface area contributed by atoms with Crippen LogP contribution < -0.4 is 10.9 Å². The monoisotopic (exact) mass is 307 g/mol. The number of carboxylic acid groups (broad SMARTS) is 1. The Morgan fingerprint density at radius 1 is 1.36 bits per heavy atom. The van der Waals surface area contributed by atoms with Gasteiger partial charge in [0.15, 0.2) is 0 Å². The Bertz CT molecular complexity index is 636. The summed E-state index contributed by atoms with van der Waals surface area (Å²) in [7, 11) is 0. The molecule has 0 radical (unpaired) electrons. The minimum Gasteiger partial charge on any atom is -0.480 e. The Hall–Kier alpha value is -2.18. The third kappa shape index (κ3) is 3.72. The van der Waals surface area contributed by atoms with Gasteiger partial charge in [0.05, 0.1) is 5.69 Å². The lowest BCUT2D eigenvalue weighted by molar-refractivity contribution is -0.143. The summed E-state index contributed by atoms with van der Waals surface area (Å²) in [5.74, 6) is -1.85. The third-order valence-electron chi connectivity index (χ3n) is 3.82. The van der Waals surface area contributed by atoms with E-state index in [4.69, 9.17) is 5.11 Å². The molecule has 1 heterocycles. The first kappa shape index (κ1) is 16.2. The molecule has 120 valence electrons. The molecular formula is C15H21N3O4. The molecule has 7 heteroatoms. The van der Waals surface area contributed by atoms with Gasteiger partial charge in [-0.05, 0) is 37.2 Å². The number of rotatable bonds is 5. The Morgan fingerprint density at radius 3 is 2.68 bits per heavy atom. The number of fused-ring (bicyclic) bond motifs is 1. The van der Waals surface area contributed by atoms with Gasteiger partial charge in [-0.15, -0.1) is 0 Å². The van der Waals surface area contributed by atoms with Crippen molar-refractivity contribution in [2.24, 2.45) is 5.92 Å². The number of nitrogens with one attached hydrogen (secondary N) is 1. The van der Waals surface area contributed by atoms with Crippen LogP contribution in [0.4, 0.5) is 0 Å². The molecule has 0 bridgehead atoms. The molecular weight excluding hydrogens is 286 g/mol. The normalized spacial score (nSPS) is 15.2. The highest BCUT2D eigenvalue weighted by Gasteiger charge is 2.24. The molecule has 2 N–H and O–H groups in total. The molecule has 22 heavy (non-hydrogen) atoms. The van der Waals surface area contributed by atoms with E-state index in [1.165, 1.54) is 6.07 Å². The number of hydrogen-bond donors (Lipinski definition) is 2. The predicted octanol–water partition coefficient (Wildman–Crippen LogP) is 0.347. The minimum atomic E-state index is -1.09. The van der Waals surface area contributed by atoms with E-state index in [0.29, 0.717) is 0 Å². The number of nitrogens with zero attached hydrogens (tertiary/aromatic N) is 2. The van der Waals surface area contributed by atoms with Crippen LogP contribution in [0, 0.1) is 5.92 Å². The van der Waals surface area contributed by atoms with Crippen molar-refractivity contribution in [2.45, 2.75) is 52.1 Å². The van der Waals surface area contributed by atoms with Crippen LogP contribution in [0.15, 0.2) is 10.9 Å². The second kappa shape index (κ2) is 6.72. The van der Waals surface area contributed by atoms with Crippen molar-refractivity contribution in [3.63, 3.8) is 0 Å². The Kier molecular flexibility index (Phi) is 4.95. The topological polar surface area (TPSA) is 101 Å². The van der Waals surface area contributed by atoms with Crippen LogP contribution in [0.25, 0.3) is 0 Å². The molecule has 0 unspecified atom stereocenters. The van der Waals surface area contributed by atoms with Crippen LogP contribution in [0.1, 0.15) is 37.9 Å². The molecule has 0 spiro atoms. The molecule has 1 aromatic rings. The van der Waals surface area contributed by atoms with Gasteiger partial charge >= 0.3 is 5.97 Å². The van der Waals surface area contributed by atoms with Gasteiger partial charge in [-0.1, -0.05) is 13.8 Å². The van der Waals surface area contributed by atoms with Crippen molar-refractivity contribution >= 4 is 11.9 Å². The van der Waals surface area contributed by atoms with Gasteiger partial charge in [0, 0.05) is 6.07 Å². The van der Waals surface area contributed by atoms with E-state index in [1.807, 2.05) is 0 Å². The van der Waals surface area contributed by atoms with Gasteiger partial charge in [-0.3, -0.25) is 9.59 Å². The van der Waals surface area contributed by atoms with E-state index in [0.717, 1.165) is 41.6 Å². The summed E-state index contributed by atoms with van der Waals surface area (Å²) in [6.45, 7) is 3.16. The van der Waals surface area contributed by atoms with E-state index < -0.39 is 17.9 Å². The smallest absolute Gasteiger partial charge is 0.326 e. The number of hydrogen-bond acceptors (Lipinski definition) is 4. The fraction of sp³-hybridized carbons (Fsp3) is 0.600. The summed E-state index contributed by atoms with van der Waals surface area (Å²) in [4.78, 5) is 35.1. The number of carbonyl (C=O) groups excluding carboxylic acids is 1. The number of carbonyl (C=O) groups is 2. The largest absolute Gasteiger partial charge is 0.480 e. The molecule has 1 amide bonds. The van der Waals surface area contributed by atoms with Gasteiger partial charge in [0.2, 0.25) is 5.91 Å². The molecule has 1 aliphatic rings. The van der Waals surface area contributed by atoms with Gasteiger partial charge in [-0.2, -0.15) is 5.10 Å². The Balaban J connectivity index is 2.11. The maximum atomic E-state index is 12.0. The molecule has 0 saturated heterocycles.